The maximum atomic E-state index is 12.5. The summed E-state index contributed by atoms with van der Waals surface area (Å²) in [5.74, 6) is 2.08. The number of H-pyrrole nitrogens is 1. The molecule has 3 aromatic rings. The molecule has 0 saturated carbocycles. The van der Waals surface area contributed by atoms with Crippen LogP contribution in [-0.4, -0.2) is 24.2 Å². The highest BCUT2D eigenvalue weighted by Crippen LogP contribution is 2.30. The van der Waals surface area contributed by atoms with Crippen LogP contribution >= 0.6 is 11.3 Å². The average molecular weight is 373 g/mol. The standard InChI is InChI=1S/C19H23N3O3S/c1-11(2)18(16-6-5-7-26-16)20-10-17-21-13-9-15(25-4)14(24-3)8-12(13)19(23)22-17/h5-9,11,18,20H,10H2,1-4H3,(H,21,22,23)/t18-/m0/s1. The minimum Gasteiger partial charge on any atom is -0.493 e. The molecule has 1 atom stereocenters. The van der Waals surface area contributed by atoms with E-state index in [4.69, 9.17) is 9.47 Å². The molecule has 1 aromatic carbocycles. The quantitative estimate of drug-likeness (QED) is 0.663. The highest BCUT2D eigenvalue weighted by molar-refractivity contribution is 7.10. The van der Waals surface area contributed by atoms with Crippen LogP contribution in [0.15, 0.2) is 34.4 Å². The monoisotopic (exact) mass is 373 g/mol. The van der Waals surface area contributed by atoms with E-state index in [9.17, 15) is 4.79 Å². The van der Waals surface area contributed by atoms with Crippen molar-refractivity contribution in [3.05, 3.63) is 50.7 Å². The Morgan fingerprint density at radius 1 is 1.23 bits per heavy atom. The summed E-state index contributed by atoms with van der Waals surface area (Å²) in [6.45, 7) is 4.82. The van der Waals surface area contributed by atoms with Gasteiger partial charge < -0.3 is 19.8 Å². The minimum atomic E-state index is -0.190. The molecule has 0 unspecified atom stereocenters. The number of benzene rings is 1. The number of ether oxygens (including phenoxy) is 2. The third kappa shape index (κ3) is 3.73. The number of aromatic nitrogens is 2. The first kappa shape index (κ1) is 18.4. The number of rotatable bonds is 7. The molecule has 26 heavy (non-hydrogen) atoms. The summed E-state index contributed by atoms with van der Waals surface area (Å²) in [6.07, 6.45) is 0. The fourth-order valence-corrected chi connectivity index (χ4v) is 3.91. The maximum absolute atomic E-state index is 12.5. The lowest BCUT2D eigenvalue weighted by Gasteiger charge is -2.21. The van der Waals surface area contributed by atoms with E-state index >= 15 is 0 Å². The lowest BCUT2D eigenvalue weighted by molar-refractivity contribution is 0.355. The van der Waals surface area contributed by atoms with Crippen LogP contribution in [0.3, 0.4) is 0 Å². The molecular weight excluding hydrogens is 350 g/mol. The number of hydrogen-bond donors (Lipinski definition) is 2. The number of hydrogen-bond acceptors (Lipinski definition) is 6. The lowest BCUT2D eigenvalue weighted by Crippen LogP contribution is -2.26. The summed E-state index contributed by atoms with van der Waals surface area (Å²) in [4.78, 5) is 21.2. The van der Waals surface area contributed by atoms with Crippen molar-refractivity contribution in [3.63, 3.8) is 0 Å². The topological polar surface area (TPSA) is 76.2 Å². The van der Waals surface area contributed by atoms with Crippen LogP contribution in [0.4, 0.5) is 0 Å². The van der Waals surface area contributed by atoms with E-state index in [2.05, 4.69) is 40.6 Å². The Bertz CT molecular complexity index is 935. The summed E-state index contributed by atoms with van der Waals surface area (Å²) in [5, 5.41) is 6.05. The molecule has 2 heterocycles. The van der Waals surface area contributed by atoms with Crippen molar-refractivity contribution >= 4 is 22.2 Å². The summed E-state index contributed by atoms with van der Waals surface area (Å²) < 4.78 is 10.6. The number of aromatic amines is 1. The van der Waals surface area contributed by atoms with Gasteiger partial charge in [0.15, 0.2) is 11.5 Å². The highest BCUT2D eigenvalue weighted by Gasteiger charge is 2.17. The third-order valence-corrected chi connectivity index (χ3v) is 5.22. The van der Waals surface area contributed by atoms with Crippen molar-refractivity contribution in [1.82, 2.24) is 15.3 Å². The fourth-order valence-electron chi connectivity index (χ4n) is 2.94. The van der Waals surface area contributed by atoms with Gasteiger partial charge in [-0.1, -0.05) is 19.9 Å². The molecule has 2 N–H and O–H groups in total. The number of nitrogens with zero attached hydrogens (tertiary/aromatic N) is 1. The third-order valence-electron chi connectivity index (χ3n) is 4.27. The van der Waals surface area contributed by atoms with E-state index in [1.54, 1.807) is 37.7 Å². The van der Waals surface area contributed by atoms with Gasteiger partial charge in [-0.2, -0.15) is 0 Å². The zero-order valence-electron chi connectivity index (χ0n) is 15.3. The molecule has 7 heteroatoms. The second kappa shape index (κ2) is 7.88. The normalized spacial score (nSPS) is 12.5. The molecule has 0 amide bonds. The van der Waals surface area contributed by atoms with Gasteiger partial charge in [0.1, 0.15) is 5.82 Å². The SMILES string of the molecule is COc1cc2nc(CN[C@H](c3cccs3)C(C)C)[nH]c(=O)c2cc1OC. The van der Waals surface area contributed by atoms with Gasteiger partial charge in [-0.25, -0.2) is 4.98 Å². The maximum Gasteiger partial charge on any atom is 0.258 e. The Kier molecular flexibility index (Phi) is 5.58. The molecule has 138 valence electrons. The zero-order valence-corrected chi connectivity index (χ0v) is 16.1. The Balaban J connectivity index is 1.90. The van der Waals surface area contributed by atoms with Crippen molar-refractivity contribution in [2.24, 2.45) is 5.92 Å². The van der Waals surface area contributed by atoms with Crippen LogP contribution < -0.4 is 20.3 Å². The second-order valence-electron chi connectivity index (χ2n) is 6.35. The lowest BCUT2D eigenvalue weighted by atomic mass is 10.0. The van der Waals surface area contributed by atoms with Crippen molar-refractivity contribution in [1.29, 1.82) is 0 Å². The first-order valence-corrected chi connectivity index (χ1v) is 9.33. The van der Waals surface area contributed by atoms with Crippen molar-refractivity contribution in [3.8, 4) is 11.5 Å². The van der Waals surface area contributed by atoms with E-state index in [-0.39, 0.29) is 11.6 Å². The predicted molar refractivity (Wildman–Crippen MR) is 104 cm³/mol. The van der Waals surface area contributed by atoms with Gasteiger partial charge in [0.2, 0.25) is 0 Å². The molecule has 2 aromatic heterocycles. The smallest absolute Gasteiger partial charge is 0.258 e. The molecule has 0 aliphatic rings. The van der Waals surface area contributed by atoms with E-state index in [0.29, 0.717) is 40.7 Å². The van der Waals surface area contributed by atoms with E-state index < -0.39 is 0 Å². The zero-order chi connectivity index (χ0) is 18.7. The van der Waals surface area contributed by atoms with Crippen molar-refractivity contribution < 1.29 is 9.47 Å². The molecule has 0 fully saturated rings. The van der Waals surface area contributed by atoms with Crippen LogP contribution in [-0.2, 0) is 6.54 Å². The van der Waals surface area contributed by atoms with E-state index in [0.717, 1.165) is 0 Å². The van der Waals surface area contributed by atoms with Crippen LogP contribution in [0.25, 0.3) is 10.9 Å². The number of thiophene rings is 1. The summed E-state index contributed by atoms with van der Waals surface area (Å²) >= 11 is 1.72. The Morgan fingerprint density at radius 3 is 2.58 bits per heavy atom. The van der Waals surface area contributed by atoms with Gasteiger partial charge in [-0.05, 0) is 23.4 Å². The molecule has 0 radical (unpaired) electrons. The van der Waals surface area contributed by atoms with Crippen molar-refractivity contribution in [2.75, 3.05) is 14.2 Å². The summed E-state index contributed by atoms with van der Waals surface area (Å²) in [5.41, 5.74) is 0.394. The molecule has 0 bridgehead atoms. The van der Waals surface area contributed by atoms with Crippen LogP contribution in [0, 0.1) is 5.92 Å². The number of nitrogens with one attached hydrogen (secondary N) is 2. The minimum absolute atomic E-state index is 0.190. The van der Waals surface area contributed by atoms with Gasteiger partial charge in [0.05, 0.1) is 31.7 Å². The molecule has 0 aliphatic heterocycles. The van der Waals surface area contributed by atoms with Gasteiger partial charge in [-0.15, -0.1) is 11.3 Å². The van der Waals surface area contributed by atoms with Gasteiger partial charge in [0.25, 0.3) is 5.56 Å². The molecular formula is C19H23N3O3S. The molecule has 0 saturated heterocycles. The Labute approximate surface area is 156 Å². The first-order valence-electron chi connectivity index (χ1n) is 8.45. The van der Waals surface area contributed by atoms with Crippen LogP contribution in [0.2, 0.25) is 0 Å². The van der Waals surface area contributed by atoms with Gasteiger partial charge >= 0.3 is 0 Å². The fraction of sp³-hybridized carbons (Fsp3) is 0.368. The number of fused-ring (bicyclic) bond motifs is 1. The van der Waals surface area contributed by atoms with Crippen LogP contribution in [0.5, 0.6) is 11.5 Å². The highest BCUT2D eigenvalue weighted by atomic mass is 32.1. The van der Waals surface area contributed by atoms with Crippen LogP contribution in [0.1, 0.15) is 30.6 Å². The van der Waals surface area contributed by atoms with E-state index in [1.165, 1.54) is 4.88 Å². The van der Waals surface area contributed by atoms with Gasteiger partial charge in [-0.3, -0.25) is 4.79 Å². The Hall–Kier alpha value is -2.38. The second-order valence-corrected chi connectivity index (χ2v) is 7.33. The number of methoxy groups -OCH3 is 2. The first-order chi connectivity index (χ1) is 12.5. The Morgan fingerprint density at radius 2 is 1.96 bits per heavy atom. The summed E-state index contributed by atoms with van der Waals surface area (Å²) in [7, 11) is 3.10. The van der Waals surface area contributed by atoms with E-state index in [1.807, 2.05) is 6.07 Å². The molecule has 6 nitrogen and oxygen atoms in total. The average Bonchev–Trinajstić information content (AvgIpc) is 3.15. The summed E-state index contributed by atoms with van der Waals surface area (Å²) in [6, 6.07) is 7.76. The molecule has 0 spiro atoms. The largest absolute Gasteiger partial charge is 0.493 e. The molecule has 3 rings (SSSR count). The predicted octanol–water partition coefficient (Wildman–Crippen LogP) is 3.49. The van der Waals surface area contributed by atoms with Crippen molar-refractivity contribution in [2.45, 2.75) is 26.4 Å². The molecule has 0 aliphatic carbocycles. The van der Waals surface area contributed by atoms with Gasteiger partial charge in [0, 0.05) is 17.0 Å².